The molecule has 20 aromatic rings. The number of pyridine rings is 4. The van der Waals surface area contributed by atoms with Crippen LogP contribution in [-0.4, -0.2) is 73.9 Å². The van der Waals surface area contributed by atoms with Crippen LogP contribution in [0.3, 0.4) is 0 Å². The van der Waals surface area contributed by atoms with Gasteiger partial charge in [-0.05, 0) is 192 Å². The average Bonchev–Trinajstić information content (AvgIpc) is 1.29. The summed E-state index contributed by atoms with van der Waals surface area (Å²) in [6.07, 6.45) is 9.54. The molecule has 694 valence electrons. The van der Waals surface area contributed by atoms with Crippen molar-refractivity contribution in [2.24, 2.45) is 0 Å². The van der Waals surface area contributed by atoms with Gasteiger partial charge in [-0.1, -0.05) is 404 Å². The smallest absolute Gasteiger partial charge is 1.00 e. The molecule has 16 nitrogen and oxygen atoms in total. The van der Waals surface area contributed by atoms with Crippen LogP contribution in [0.25, 0.3) is 44.7 Å². The Kier molecular flexibility index (Phi) is 51.4. The third kappa shape index (κ3) is 34.5. The third-order valence-corrected chi connectivity index (χ3v) is 30.0. The van der Waals surface area contributed by atoms with E-state index in [1.54, 1.807) is 91.6 Å². The van der Waals surface area contributed by atoms with E-state index in [4.69, 9.17) is 20.3 Å². The van der Waals surface area contributed by atoms with Gasteiger partial charge in [-0.15, -0.1) is 0 Å². The topological polar surface area (TPSA) is 257 Å². The molecule has 0 saturated carbocycles. The molecule has 0 bridgehead atoms. The van der Waals surface area contributed by atoms with Gasteiger partial charge in [0.05, 0.1) is 67.0 Å². The number of alkyl halides is 2. The van der Waals surface area contributed by atoms with Gasteiger partial charge in [0.15, 0.2) is 11.5 Å². The number of hydrogen-bond acceptors (Lipinski definition) is 13. The van der Waals surface area contributed by atoms with Crippen LogP contribution in [-0.2, 0) is 30.1 Å². The molecule has 6 heterocycles. The van der Waals surface area contributed by atoms with Crippen LogP contribution in [0.1, 0.15) is 29.1 Å². The first-order chi connectivity index (χ1) is 67.4. The predicted molar refractivity (Wildman–Crippen MR) is 572 cm³/mol. The fourth-order valence-corrected chi connectivity index (χ4v) is 23.4. The van der Waals surface area contributed by atoms with E-state index in [1.165, 1.54) is 82.2 Å². The number of furan rings is 2. The zero-order valence-electron chi connectivity index (χ0n) is 79.1. The average molecular weight is 2130 g/mol. The number of carbonyl (C=O) groups excluding carboxylic acids is 3. The van der Waals surface area contributed by atoms with E-state index in [1.807, 2.05) is 37.0 Å². The molecule has 0 aliphatic carbocycles. The molecule has 0 saturated heterocycles. The van der Waals surface area contributed by atoms with E-state index in [0.717, 1.165) is 16.5 Å². The number of aryl methyl sites for hydroxylation is 1. The quantitative estimate of drug-likeness (QED) is 0.0138. The normalized spacial score (nSPS) is 10.1. The molecule has 26 heteroatoms. The van der Waals surface area contributed by atoms with Crippen LogP contribution in [0, 0.1) is 6.92 Å². The Labute approximate surface area is 931 Å². The maximum absolute atomic E-state index is 12.9. The van der Waals surface area contributed by atoms with Crippen molar-refractivity contribution in [3.05, 3.63) is 515 Å². The monoisotopic (exact) mass is 2130 g/mol. The number of amides is 2. The Balaban J connectivity index is 0.000000227. The van der Waals surface area contributed by atoms with Crippen LogP contribution >= 0.6 is 47.6 Å². The summed E-state index contributed by atoms with van der Waals surface area (Å²) in [5.41, 5.74) is 5.80. The first kappa shape index (κ1) is 113. The molecular formula is C114H99BBrFK2N6O10P4Pd. The summed E-state index contributed by atoms with van der Waals surface area (Å²) in [7, 11) is -4.43. The summed E-state index contributed by atoms with van der Waals surface area (Å²) in [6, 6.07) is 157. The number of nitrogens with zero attached hydrogens (tertiary/aromatic N) is 4. The van der Waals surface area contributed by atoms with Crippen LogP contribution in [0.5, 0.6) is 0 Å². The fraction of sp³-hybridized carbons (Fsp3) is 0.0263. The van der Waals surface area contributed by atoms with Gasteiger partial charge in [0.25, 0.3) is 18.3 Å². The molecule has 0 fully saturated rings. The summed E-state index contributed by atoms with van der Waals surface area (Å²) >= 11 is 2.94. The molecule has 0 aliphatic rings. The summed E-state index contributed by atoms with van der Waals surface area (Å²) in [4.78, 5) is 54.2. The molecule has 0 aliphatic heterocycles. The third-order valence-electron chi connectivity index (χ3n) is 20.2. The van der Waals surface area contributed by atoms with Crippen molar-refractivity contribution in [3.8, 4) is 22.9 Å². The Morgan fingerprint density at radius 1 is 0.386 bits per heavy atom. The minimum Gasteiger partial charge on any atom is -1.00 e. The van der Waals surface area contributed by atoms with E-state index >= 15 is 0 Å². The Morgan fingerprint density at radius 2 is 0.621 bits per heavy atom. The molecule has 0 atom stereocenters. The number of hydrogen-bond donors (Lipinski definition) is 4. The SMILES string of the molecule is CBr.Cc1ccc2nc(-c3ccco3)cc(C(=O)Nc3cccnc3)c2c1.O.O=C(Nc1cccnc1)c1cc(-c2ccco2)nc2ccc(B(O)O)cc12.O=CO[O-].[2H]CF.[H-].[K+].[K+].[Pd].c1ccc(P(c2ccccc2)c2ccccc2)cc1.c1ccc(P(c2ccccc2)c2ccccc2)cc1.c1ccc(P(c2ccccc2)c2ccccc2)cc1.c1ccc(P(c2ccccc2)c2ccccc2)cc1. The number of carbonyl (C=O) groups is 3. The van der Waals surface area contributed by atoms with Crippen LogP contribution in [0.15, 0.2) is 507 Å². The van der Waals surface area contributed by atoms with Crippen molar-refractivity contribution in [1.82, 2.24) is 19.9 Å². The summed E-state index contributed by atoms with van der Waals surface area (Å²) < 4.78 is 26.3. The van der Waals surface area contributed by atoms with Gasteiger partial charge in [-0.25, -0.2) is 9.97 Å². The molecule has 0 spiro atoms. The standard InChI is InChI=1S/C20H15N3O2.C19H14BN3O4.4C18H15P.CH3Br.CH3F.CH2O3.2K.H2O.Pd.H/c1-13-6-7-17-15(10-13)16(11-18(23-17)19-5-3-9-25-19)20(24)22-14-4-2-8-21-12-14;24-19(22-13-3-1-7-21-11-13)15-10-17(18-4-2-8-27-18)23-16-6-5-12(20(25)26)9-14(15)16;4*1-4-10-16(11-5-1)19(17-12-6-2-7-13-17)18-14-8-3-9-15-18;2*1-2;2-1-4-3;;;;;/h2-12H,1H3,(H,22,24);1-11,25-26H,(H,22,24);4*1-15H;2*1H3;1,3H;;;1H2;;/q;;;;;;;;;2*+1;;;-1/p-1/i;;;;;;;1D;;;;;;. The van der Waals surface area contributed by atoms with Crippen LogP contribution in [0.2, 0.25) is 0 Å². The molecule has 6 aromatic heterocycles. The van der Waals surface area contributed by atoms with Gasteiger partial charge in [-0.3, -0.25) is 28.7 Å². The molecule has 20 rings (SSSR count). The fourth-order valence-electron chi connectivity index (χ4n) is 14.2. The van der Waals surface area contributed by atoms with Gasteiger partial charge in [-0.2, -0.15) is 0 Å². The molecule has 2 amide bonds. The molecular weight excluding hydrogens is 2030 g/mol. The predicted octanol–water partition coefficient (Wildman–Crippen LogP) is 13.4. The second-order valence-corrected chi connectivity index (χ2v) is 38.1. The second-order valence-electron chi connectivity index (χ2n) is 29.2. The van der Waals surface area contributed by atoms with E-state index in [0.29, 0.717) is 56.3 Å². The van der Waals surface area contributed by atoms with Crippen molar-refractivity contribution in [2.45, 2.75) is 6.92 Å². The van der Waals surface area contributed by atoms with E-state index in [-0.39, 0.29) is 154 Å². The van der Waals surface area contributed by atoms with E-state index in [9.17, 15) is 24.0 Å². The number of rotatable bonds is 20. The second kappa shape index (κ2) is 63.8. The van der Waals surface area contributed by atoms with Gasteiger partial charge < -0.3 is 46.6 Å². The summed E-state index contributed by atoms with van der Waals surface area (Å²) in [5, 5.41) is 51.1. The Bertz CT molecular complexity index is 6070. The molecule has 140 heavy (non-hydrogen) atoms. The minimum absolute atomic E-state index is 0. The zero-order valence-corrected chi connectivity index (χ0v) is 90.1. The van der Waals surface area contributed by atoms with Crippen LogP contribution < -0.4 is 188 Å². The molecule has 14 aromatic carbocycles. The number of halogens is 2. The van der Waals surface area contributed by atoms with Gasteiger partial charge >= 0.3 is 110 Å². The molecule has 0 unspecified atom stereocenters. The zero-order chi connectivity index (χ0) is 95.8. The van der Waals surface area contributed by atoms with Crippen molar-refractivity contribution >= 4 is 175 Å². The van der Waals surface area contributed by atoms with Gasteiger partial charge in [0.1, 0.15) is 11.4 Å². The number of fused-ring (bicyclic) bond motifs is 2. The summed E-state index contributed by atoms with van der Waals surface area (Å²) in [5.74, 6) is 2.38. The Hall–Kier alpha value is -10.9. The summed E-state index contributed by atoms with van der Waals surface area (Å²) in [6.45, 7) is 1.81. The van der Waals surface area contributed by atoms with Crippen LogP contribution in [0.4, 0.5) is 15.8 Å². The number of aromatic nitrogens is 4. The number of benzene rings is 14. The van der Waals surface area contributed by atoms with Gasteiger partial charge in [0.2, 0.25) is 0 Å². The Morgan fingerprint density at radius 3 is 0.829 bits per heavy atom. The largest absolute Gasteiger partial charge is 1.00 e. The number of anilines is 2. The maximum Gasteiger partial charge on any atom is 1.00 e. The van der Waals surface area contributed by atoms with Crippen molar-refractivity contribution in [2.75, 3.05) is 23.6 Å². The van der Waals surface area contributed by atoms with Crippen molar-refractivity contribution in [3.63, 3.8) is 0 Å². The number of nitrogens with one attached hydrogen (secondary N) is 2. The van der Waals surface area contributed by atoms with E-state index in [2.05, 4.69) is 415 Å². The maximum atomic E-state index is 12.9. The first-order valence-corrected chi connectivity index (χ1v) is 49.9. The first-order valence-electron chi connectivity index (χ1n) is 43.7. The van der Waals surface area contributed by atoms with Crippen molar-refractivity contribution in [1.29, 1.82) is 0 Å². The molecule has 0 radical (unpaired) electrons. The van der Waals surface area contributed by atoms with E-state index < -0.39 is 46.0 Å². The molecule has 6 N–H and O–H groups in total. The van der Waals surface area contributed by atoms with Crippen molar-refractivity contribution < 1.29 is 179 Å². The van der Waals surface area contributed by atoms with Gasteiger partial charge in [0, 0.05) is 43.6 Å². The minimum atomic E-state index is -1.65.